The molecule has 2 N–H and O–H groups in total. The Morgan fingerprint density at radius 2 is 2.33 bits per heavy atom. The number of aromatic nitrogens is 1. The highest BCUT2D eigenvalue weighted by atomic mass is 32.2. The van der Waals surface area contributed by atoms with Crippen LogP contribution in [0.15, 0.2) is 5.38 Å². The molecule has 6 heteroatoms. The van der Waals surface area contributed by atoms with Gasteiger partial charge in [-0.2, -0.15) is 0 Å². The molecular weight excluding hydrogens is 268 g/mol. The second-order valence-electron chi connectivity index (χ2n) is 4.99. The first-order valence-electron chi connectivity index (χ1n) is 6.39. The molecule has 2 atom stereocenters. The lowest BCUT2D eigenvalue weighted by Gasteiger charge is -2.21. The maximum absolute atomic E-state index is 11.9. The highest BCUT2D eigenvalue weighted by Crippen LogP contribution is 2.25. The van der Waals surface area contributed by atoms with Crippen molar-refractivity contribution in [3.8, 4) is 0 Å². The van der Waals surface area contributed by atoms with Gasteiger partial charge in [0.1, 0.15) is 0 Å². The number of hydrogen-bond donors (Lipinski definition) is 1. The molecule has 102 valence electrons. The Morgan fingerprint density at radius 1 is 1.56 bits per heavy atom. The number of rotatable bonds is 4. The molecule has 1 fully saturated rings. The largest absolute Gasteiger partial charge is 0.330 e. The Kier molecular flexibility index (Phi) is 4.40. The Hall–Kier alpha value is -0.460. The van der Waals surface area contributed by atoms with Crippen LogP contribution >= 0.6 is 11.3 Å². The van der Waals surface area contributed by atoms with Gasteiger partial charge in [-0.1, -0.05) is 13.3 Å². The quantitative estimate of drug-likeness (QED) is 0.915. The molecule has 0 amide bonds. The zero-order valence-corrected chi connectivity index (χ0v) is 12.3. The summed E-state index contributed by atoms with van der Waals surface area (Å²) in [5, 5.41) is 2.71. The third-order valence-corrected chi connectivity index (χ3v) is 6.71. The summed E-state index contributed by atoms with van der Waals surface area (Å²) in [5.41, 5.74) is 6.60. The first kappa shape index (κ1) is 14.0. The third kappa shape index (κ3) is 3.10. The number of nitrogens with two attached hydrogens (primary N) is 1. The molecule has 1 saturated heterocycles. The summed E-state index contributed by atoms with van der Waals surface area (Å²) in [7, 11) is -2.90. The first-order chi connectivity index (χ1) is 8.53. The van der Waals surface area contributed by atoms with Crippen LogP contribution in [0.5, 0.6) is 0 Å². The topological polar surface area (TPSA) is 73.1 Å². The summed E-state index contributed by atoms with van der Waals surface area (Å²) >= 11 is 1.56. The normalized spacial score (nSPS) is 24.9. The van der Waals surface area contributed by atoms with Crippen molar-refractivity contribution in [1.82, 2.24) is 4.98 Å². The highest BCUT2D eigenvalue weighted by Gasteiger charge is 2.29. The lowest BCUT2D eigenvalue weighted by Crippen LogP contribution is -2.30. The van der Waals surface area contributed by atoms with Crippen LogP contribution in [0.3, 0.4) is 0 Å². The average Bonchev–Trinajstić information content (AvgIpc) is 2.79. The molecule has 0 bridgehead atoms. The molecule has 18 heavy (non-hydrogen) atoms. The van der Waals surface area contributed by atoms with E-state index in [4.69, 9.17) is 5.73 Å². The van der Waals surface area contributed by atoms with Gasteiger partial charge in [-0.25, -0.2) is 13.4 Å². The maximum Gasteiger partial charge on any atom is 0.153 e. The van der Waals surface area contributed by atoms with Crippen molar-refractivity contribution in [3.63, 3.8) is 0 Å². The zero-order chi connectivity index (χ0) is 13.2. The molecular formula is C12H20N2O2S2. The average molecular weight is 288 g/mol. The molecule has 0 saturated carbocycles. The van der Waals surface area contributed by atoms with Gasteiger partial charge in [-0.05, 0) is 12.8 Å². The van der Waals surface area contributed by atoms with Crippen molar-refractivity contribution in [2.45, 2.75) is 43.8 Å². The summed E-state index contributed by atoms with van der Waals surface area (Å²) in [4.78, 5) is 4.51. The fourth-order valence-corrected chi connectivity index (χ4v) is 5.19. The molecule has 1 aliphatic heterocycles. The van der Waals surface area contributed by atoms with Crippen LogP contribution in [-0.2, 0) is 16.3 Å². The van der Waals surface area contributed by atoms with E-state index >= 15 is 0 Å². The fourth-order valence-electron chi connectivity index (χ4n) is 2.21. The second-order valence-corrected chi connectivity index (χ2v) is 8.34. The van der Waals surface area contributed by atoms with Crippen LogP contribution in [0, 0.1) is 0 Å². The molecule has 2 heterocycles. The molecule has 0 spiro atoms. The van der Waals surface area contributed by atoms with Crippen molar-refractivity contribution in [2.75, 3.05) is 12.3 Å². The van der Waals surface area contributed by atoms with E-state index in [2.05, 4.69) is 4.98 Å². The van der Waals surface area contributed by atoms with Gasteiger partial charge in [0.25, 0.3) is 0 Å². The van der Waals surface area contributed by atoms with Gasteiger partial charge < -0.3 is 5.73 Å². The van der Waals surface area contributed by atoms with E-state index < -0.39 is 9.84 Å². The standard InChI is InChI=1S/C12H20N2O2S2/c1-9(7-13)11-8-17-12(14-11)6-10-4-2-3-5-18(10,15)16/h8-10H,2-7,13H2,1H3. The van der Waals surface area contributed by atoms with Crippen LogP contribution in [0.25, 0.3) is 0 Å². The lowest BCUT2D eigenvalue weighted by molar-refractivity contribution is 0.537. The van der Waals surface area contributed by atoms with Crippen LogP contribution in [-0.4, -0.2) is 30.9 Å². The highest BCUT2D eigenvalue weighted by molar-refractivity contribution is 7.92. The monoisotopic (exact) mass is 288 g/mol. The number of thiazole rings is 1. The van der Waals surface area contributed by atoms with Crippen molar-refractivity contribution in [1.29, 1.82) is 0 Å². The minimum absolute atomic E-state index is 0.224. The fraction of sp³-hybridized carbons (Fsp3) is 0.750. The molecule has 0 aromatic carbocycles. The van der Waals surface area contributed by atoms with E-state index in [0.29, 0.717) is 18.7 Å². The summed E-state index contributed by atoms with van der Waals surface area (Å²) in [5.74, 6) is 0.590. The van der Waals surface area contributed by atoms with E-state index in [0.717, 1.165) is 30.0 Å². The minimum atomic E-state index is -2.90. The van der Waals surface area contributed by atoms with Crippen LogP contribution in [0.4, 0.5) is 0 Å². The number of hydrogen-bond acceptors (Lipinski definition) is 5. The Balaban J connectivity index is 2.07. The van der Waals surface area contributed by atoms with Crippen molar-refractivity contribution < 1.29 is 8.42 Å². The SMILES string of the molecule is CC(CN)c1csc(CC2CCCCS2(=O)=O)n1. The number of sulfone groups is 1. The van der Waals surface area contributed by atoms with Crippen LogP contribution < -0.4 is 5.73 Å². The Morgan fingerprint density at radius 3 is 3.00 bits per heavy atom. The molecule has 2 unspecified atom stereocenters. The van der Waals surface area contributed by atoms with Gasteiger partial charge in [0, 0.05) is 24.3 Å². The van der Waals surface area contributed by atoms with E-state index in [-0.39, 0.29) is 11.2 Å². The zero-order valence-electron chi connectivity index (χ0n) is 10.6. The van der Waals surface area contributed by atoms with Crippen LogP contribution in [0.2, 0.25) is 0 Å². The predicted octanol–water partition coefficient (Wildman–Crippen LogP) is 1.72. The summed E-state index contributed by atoms with van der Waals surface area (Å²) in [6.45, 7) is 2.61. The summed E-state index contributed by atoms with van der Waals surface area (Å²) in [6.07, 6.45) is 3.18. The van der Waals surface area contributed by atoms with Gasteiger partial charge in [0.2, 0.25) is 0 Å². The summed E-state index contributed by atoms with van der Waals surface area (Å²) < 4.78 is 23.9. The molecule has 0 aliphatic carbocycles. The minimum Gasteiger partial charge on any atom is -0.330 e. The Labute approximate surface area is 113 Å². The van der Waals surface area contributed by atoms with Gasteiger partial charge in [-0.15, -0.1) is 11.3 Å². The van der Waals surface area contributed by atoms with E-state index in [1.807, 2.05) is 12.3 Å². The summed E-state index contributed by atoms with van der Waals surface area (Å²) in [6, 6.07) is 0. The maximum atomic E-state index is 11.9. The molecule has 0 radical (unpaired) electrons. The second kappa shape index (κ2) is 5.67. The van der Waals surface area contributed by atoms with Gasteiger partial charge in [0.15, 0.2) is 9.84 Å². The predicted molar refractivity (Wildman–Crippen MR) is 74.7 cm³/mol. The van der Waals surface area contributed by atoms with Gasteiger partial charge in [0.05, 0.1) is 21.7 Å². The smallest absolute Gasteiger partial charge is 0.153 e. The number of nitrogens with zero attached hydrogens (tertiary/aromatic N) is 1. The van der Waals surface area contributed by atoms with Gasteiger partial charge >= 0.3 is 0 Å². The van der Waals surface area contributed by atoms with E-state index in [1.54, 1.807) is 11.3 Å². The molecule has 1 aliphatic rings. The molecule has 2 rings (SSSR count). The third-order valence-electron chi connectivity index (χ3n) is 3.54. The molecule has 4 nitrogen and oxygen atoms in total. The van der Waals surface area contributed by atoms with E-state index in [1.165, 1.54) is 0 Å². The van der Waals surface area contributed by atoms with Gasteiger partial charge in [-0.3, -0.25) is 0 Å². The van der Waals surface area contributed by atoms with Crippen LogP contribution in [0.1, 0.15) is 42.8 Å². The molecule has 1 aromatic heterocycles. The van der Waals surface area contributed by atoms with Crippen molar-refractivity contribution in [3.05, 3.63) is 16.1 Å². The molecule has 1 aromatic rings. The lowest BCUT2D eigenvalue weighted by atomic mass is 10.1. The van der Waals surface area contributed by atoms with E-state index in [9.17, 15) is 8.42 Å². The van der Waals surface area contributed by atoms with Crippen molar-refractivity contribution in [2.24, 2.45) is 5.73 Å². The van der Waals surface area contributed by atoms with Crippen molar-refractivity contribution >= 4 is 21.2 Å². The first-order valence-corrected chi connectivity index (χ1v) is 8.98. The Bertz CT molecular complexity index is 496.